The van der Waals surface area contributed by atoms with Gasteiger partial charge in [-0.25, -0.2) is 0 Å². The molecular formula is C17H29NO3. The highest BCUT2D eigenvalue weighted by Gasteiger charge is 2.24. The van der Waals surface area contributed by atoms with E-state index in [4.69, 9.17) is 9.47 Å². The molecule has 4 heteroatoms. The van der Waals surface area contributed by atoms with E-state index >= 15 is 0 Å². The van der Waals surface area contributed by atoms with Crippen molar-refractivity contribution in [1.29, 1.82) is 0 Å². The number of likely N-dealkylation sites (N-methyl/N-ethyl adjacent to an activating group) is 1. The zero-order valence-corrected chi connectivity index (χ0v) is 13.7. The molecule has 0 aliphatic rings. The lowest BCUT2D eigenvalue weighted by Crippen LogP contribution is -2.35. The number of benzene rings is 1. The quantitative estimate of drug-likeness (QED) is 0.696. The third kappa shape index (κ3) is 5.56. The minimum atomic E-state index is -0.927. The molecule has 0 heterocycles. The lowest BCUT2D eigenvalue weighted by atomic mass is 9.95. The molecule has 1 aromatic rings. The maximum absolute atomic E-state index is 10.6. The van der Waals surface area contributed by atoms with Crippen LogP contribution in [0.15, 0.2) is 18.2 Å². The number of rotatable bonds is 10. The maximum atomic E-state index is 10.6. The van der Waals surface area contributed by atoms with Gasteiger partial charge in [0.2, 0.25) is 0 Å². The normalized spacial score (nSPS) is 13.8. The maximum Gasteiger partial charge on any atom is 0.161 e. The van der Waals surface area contributed by atoms with Gasteiger partial charge in [-0.3, -0.25) is 0 Å². The van der Waals surface area contributed by atoms with Gasteiger partial charge in [0.1, 0.15) is 0 Å². The molecular weight excluding hydrogens is 266 g/mol. The first-order valence-electron chi connectivity index (χ1n) is 7.88. The summed E-state index contributed by atoms with van der Waals surface area (Å²) in [6, 6.07) is 5.68. The van der Waals surface area contributed by atoms with Crippen LogP contribution in [0.4, 0.5) is 0 Å². The van der Waals surface area contributed by atoms with Crippen molar-refractivity contribution >= 4 is 0 Å². The molecule has 0 aliphatic heterocycles. The van der Waals surface area contributed by atoms with E-state index in [-0.39, 0.29) is 0 Å². The Labute approximate surface area is 128 Å². The fourth-order valence-corrected chi connectivity index (χ4v) is 1.97. The van der Waals surface area contributed by atoms with E-state index in [1.165, 1.54) is 0 Å². The molecule has 21 heavy (non-hydrogen) atoms. The Morgan fingerprint density at radius 3 is 2.24 bits per heavy atom. The minimum Gasteiger partial charge on any atom is -0.490 e. The van der Waals surface area contributed by atoms with Gasteiger partial charge in [-0.2, -0.15) is 0 Å². The second-order valence-corrected chi connectivity index (χ2v) is 5.41. The van der Waals surface area contributed by atoms with Gasteiger partial charge in [-0.1, -0.05) is 26.8 Å². The predicted molar refractivity (Wildman–Crippen MR) is 86.1 cm³/mol. The molecule has 1 aromatic carbocycles. The molecule has 0 bridgehead atoms. The van der Waals surface area contributed by atoms with Gasteiger partial charge in [-0.15, -0.1) is 0 Å². The number of hydrogen-bond acceptors (Lipinski definition) is 4. The predicted octanol–water partition coefficient (Wildman–Crippen LogP) is 3.08. The monoisotopic (exact) mass is 295 g/mol. The second kappa shape index (κ2) is 8.90. The average Bonchev–Trinajstić information content (AvgIpc) is 2.49. The number of aliphatic hydroxyl groups is 1. The number of nitrogens with one attached hydrogen (secondary N) is 1. The summed E-state index contributed by atoms with van der Waals surface area (Å²) >= 11 is 0. The van der Waals surface area contributed by atoms with Gasteiger partial charge in [0.05, 0.1) is 18.8 Å². The Kier molecular flexibility index (Phi) is 7.54. The summed E-state index contributed by atoms with van der Waals surface area (Å²) in [6.45, 7) is 10.6. The smallest absolute Gasteiger partial charge is 0.161 e. The molecule has 0 spiro atoms. The summed E-state index contributed by atoms with van der Waals surface area (Å²) in [4.78, 5) is 0. The molecule has 1 atom stereocenters. The van der Waals surface area contributed by atoms with Crippen LogP contribution < -0.4 is 14.8 Å². The van der Waals surface area contributed by atoms with E-state index < -0.39 is 5.60 Å². The second-order valence-electron chi connectivity index (χ2n) is 5.41. The highest BCUT2D eigenvalue weighted by molar-refractivity contribution is 5.44. The van der Waals surface area contributed by atoms with Crippen molar-refractivity contribution in [3.8, 4) is 11.5 Å². The summed E-state index contributed by atoms with van der Waals surface area (Å²) in [5, 5.41) is 13.8. The molecule has 0 aliphatic carbocycles. The third-order valence-electron chi connectivity index (χ3n) is 3.21. The molecule has 2 N–H and O–H groups in total. The largest absolute Gasteiger partial charge is 0.490 e. The molecule has 0 aromatic heterocycles. The Morgan fingerprint density at radius 2 is 1.67 bits per heavy atom. The first-order chi connectivity index (χ1) is 10.0. The van der Waals surface area contributed by atoms with E-state index in [1.54, 1.807) is 6.92 Å². The minimum absolute atomic E-state index is 0.506. The van der Waals surface area contributed by atoms with Crippen molar-refractivity contribution in [3.05, 3.63) is 23.8 Å². The first-order valence-corrected chi connectivity index (χ1v) is 7.88. The summed E-state index contributed by atoms with van der Waals surface area (Å²) < 4.78 is 11.5. The molecule has 0 fully saturated rings. The molecule has 1 unspecified atom stereocenters. The van der Waals surface area contributed by atoms with Gasteiger partial charge in [0.25, 0.3) is 0 Å². The van der Waals surface area contributed by atoms with Crippen molar-refractivity contribution in [2.75, 3.05) is 26.3 Å². The van der Waals surface area contributed by atoms with Crippen molar-refractivity contribution in [2.45, 2.75) is 46.1 Å². The van der Waals surface area contributed by atoms with Crippen LogP contribution in [0.5, 0.6) is 11.5 Å². The van der Waals surface area contributed by atoms with Crippen molar-refractivity contribution in [1.82, 2.24) is 5.32 Å². The molecule has 0 saturated heterocycles. The summed E-state index contributed by atoms with van der Waals surface area (Å²) in [5.41, 5.74) is -0.0951. The average molecular weight is 295 g/mol. The van der Waals surface area contributed by atoms with Crippen LogP contribution in [0.1, 0.15) is 46.1 Å². The van der Waals surface area contributed by atoms with Gasteiger partial charge in [0.15, 0.2) is 11.5 Å². The van der Waals surface area contributed by atoms with Crippen LogP contribution in [0.3, 0.4) is 0 Å². The van der Waals surface area contributed by atoms with E-state index in [0.29, 0.717) is 25.5 Å². The molecule has 0 radical (unpaired) electrons. The van der Waals surface area contributed by atoms with Gasteiger partial charge >= 0.3 is 0 Å². The third-order valence-corrected chi connectivity index (χ3v) is 3.21. The van der Waals surface area contributed by atoms with Crippen LogP contribution in [0, 0.1) is 0 Å². The van der Waals surface area contributed by atoms with E-state index in [9.17, 15) is 5.11 Å². The van der Waals surface area contributed by atoms with E-state index in [1.807, 2.05) is 25.1 Å². The summed E-state index contributed by atoms with van der Waals surface area (Å²) in [5.74, 6) is 1.45. The fraction of sp³-hybridized carbons (Fsp3) is 0.647. The lowest BCUT2D eigenvalue weighted by molar-refractivity contribution is 0.0572. The SMILES string of the molecule is CCCOc1ccc(C(C)(O)CNCC)cc1OCCC. The Bertz CT molecular complexity index is 418. The van der Waals surface area contributed by atoms with Crippen molar-refractivity contribution < 1.29 is 14.6 Å². The topological polar surface area (TPSA) is 50.7 Å². The van der Waals surface area contributed by atoms with Gasteiger partial charge in [0, 0.05) is 6.54 Å². The van der Waals surface area contributed by atoms with Crippen molar-refractivity contribution in [3.63, 3.8) is 0 Å². The zero-order valence-electron chi connectivity index (χ0n) is 13.7. The van der Waals surface area contributed by atoms with E-state index in [2.05, 4.69) is 19.2 Å². The van der Waals surface area contributed by atoms with Gasteiger partial charge in [-0.05, 0) is 44.0 Å². The van der Waals surface area contributed by atoms with Crippen LogP contribution >= 0.6 is 0 Å². The number of ether oxygens (including phenoxy) is 2. The van der Waals surface area contributed by atoms with Crippen molar-refractivity contribution in [2.24, 2.45) is 0 Å². The Morgan fingerprint density at radius 1 is 1.05 bits per heavy atom. The highest BCUT2D eigenvalue weighted by atomic mass is 16.5. The fourth-order valence-electron chi connectivity index (χ4n) is 1.97. The molecule has 120 valence electrons. The summed E-state index contributed by atoms with van der Waals surface area (Å²) in [6.07, 6.45) is 1.89. The number of hydrogen-bond donors (Lipinski definition) is 2. The van der Waals surface area contributed by atoms with E-state index in [0.717, 1.165) is 30.7 Å². The Hall–Kier alpha value is -1.26. The zero-order chi connectivity index (χ0) is 15.7. The summed E-state index contributed by atoms with van der Waals surface area (Å²) in [7, 11) is 0. The lowest BCUT2D eigenvalue weighted by Gasteiger charge is -2.25. The van der Waals surface area contributed by atoms with Gasteiger partial charge < -0.3 is 19.9 Å². The molecule has 0 amide bonds. The van der Waals surface area contributed by atoms with Crippen LogP contribution in [0.25, 0.3) is 0 Å². The molecule has 4 nitrogen and oxygen atoms in total. The van der Waals surface area contributed by atoms with Crippen LogP contribution in [-0.4, -0.2) is 31.4 Å². The standard InChI is InChI=1S/C17H29NO3/c1-5-10-20-15-9-8-14(12-16(15)21-11-6-2)17(4,19)13-18-7-3/h8-9,12,18-19H,5-7,10-11,13H2,1-4H3. The first kappa shape index (κ1) is 17.8. The highest BCUT2D eigenvalue weighted by Crippen LogP contribution is 2.32. The van der Waals surface area contributed by atoms with Crippen LogP contribution in [0.2, 0.25) is 0 Å². The Balaban J connectivity index is 2.96. The molecule has 0 saturated carbocycles. The molecule has 1 rings (SSSR count). The van der Waals surface area contributed by atoms with Crippen LogP contribution in [-0.2, 0) is 5.60 Å².